The molecule has 1 aliphatic heterocycles. The molecule has 0 unspecified atom stereocenters. The molecule has 0 saturated heterocycles. The highest BCUT2D eigenvalue weighted by Gasteiger charge is 2.26. The zero-order chi connectivity index (χ0) is 31.9. The van der Waals surface area contributed by atoms with Gasteiger partial charge in [0, 0.05) is 22.7 Å². The van der Waals surface area contributed by atoms with Crippen LogP contribution < -0.4 is 19.6 Å². The first-order valence-electron chi connectivity index (χ1n) is 15.6. The first-order chi connectivity index (χ1) is 23.8. The molecule has 0 amide bonds. The SMILES string of the molecule is c1ccc(N2c3ccc(s3)N(c3ccccc3)c3ccc(s3)N(c3ccccc3)c3ccc(s3)N(c3ccccc3)c3ccc2s3)cc1. The topological polar surface area (TPSA) is 13.0 Å². The minimum atomic E-state index is 1.13. The lowest BCUT2D eigenvalue weighted by atomic mass is 10.3. The normalized spacial score (nSPS) is 12.8. The van der Waals surface area contributed by atoms with Crippen molar-refractivity contribution in [1.29, 1.82) is 0 Å². The molecule has 9 rings (SSSR count). The maximum atomic E-state index is 2.39. The van der Waals surface area contributed by atoms with Crippen molar-refractivity contribution in [1.82, 2.24) is 0 Å². The fourth-order valence-electron chi connectivity index (χ4n) is 5.99. The van der Waals surface area contributed by atoms with Crippen LogP contribution in [-0.2, 0) is 0 Å². The summed E-state index contributed by atoms with van der Waals surface area (Å²) < 4.78 is 0. The maximum Gasteiger partial charge on any atom is 0.103 e. The van der Waals surface area contributed by atoms with Gasteiger partial charge in [0.2, 0.25) is 0 Å². The molecule has 0 saturated carbocycles. The number of anilines is 12. The van der Waals surface area contributed by atoms with Gasteiger partial charge in [-0.15, -0.1) is 0 Å². The van der Waals surface area contributed by atoms with E-state index in [0.29, 0.717) is 0 Å². The lowest BCUT2D eigenvalue weighted by Crippen LogP contribution is -2.08. The zero-order valence-electron chi connectivity index (χ0n) is 25.6. The highest BCUT2D eigenvalue weighted by atomic mass is 32.1. The molecule has 1 aliphatic rings. The third-order valence-electron chi connectivity index (χ3n) is 8.13. The van der Waals surface area contributed by atoms with E-state index in [1.807, 2.05) is 0 Å². The van der Waals surface area contributed by atoms with E-state index in [1.165, 1.54) is 0 Å². The second-order valence-electron chi connectivity index (χ2n) is 11.1. The summed E-state index contributed by atoms with van der Waals surface area (Å²) in [6.07, 6.45) is 0. The van der Waals surface area contributed by atoms with Gasteiger partial charge in [-0.05, 0) is 97.1 Å². The molecule has 4 nitrogen and oxygen atoms in total. The third kappa shape index (κ3) is 5.29. The molecule has 5 heterocycles. The van der Waals surface area contributed by atoms with Gasteiger partial charge in [-0.3, -0.25) is 19.6 Å². The van der Waals surface area contributed by atoms with E-state index in [4.69, 9.17) is 0 Å². The maximum absolute atomic E-state index is 2.39. The molecule has 4 aromatic heterocycles. The van der Waals surface area contributed by atoms with Crippen LogP contribution >= 0.6 is 45.3 Å². The van der Waals surface area contributed by atoms with Crippen LogP contribution in [0.2, 0.25) is 0 Å². The molecule has 8 bridgehead atoms. The summed E-state index contributed by atoms with van der Waals surface area (Å²) in [5, 5.41) is 9.26. The van der Waals surface area contributed by atoms with Crippen LogP contribution in [0.1, 0.15) is 0 Å². The molecule has 0 spiro atoms. The summed E-state index contributed by atoms with van der Waals surface area (Å²) >= 11 is 7.20. The number of nitrogens with zero attached hydrogens (tertiary/aromatic N) is 4. The number of rotatable bonds is 4. The Balaban J connectivity index is 1.30. The Hall–Kier alpha value is -5.12. The minimum Gasteiger partial charge on any atom is -0.293 e. The number of fused-ring (bicyclic) bond motifs is 8. The van der Waals surface area contributed by atoms with Crippen molar-refractivity contribution >= 4 is 108 Å². The molecule has 0 radical (unpaired) electrons. The van der Waals surface area contributed by atoms with Crippen LogP contribution in [0.4, 0.5) is 62.8 Å². The third-order valence-corrected chi connectivity index (χ3v) is 12.4. The second kappa shape index (κ2) is 12.5. The van der Waals surface area contributed by atoms with E-state index in [-0.39, 0.29) is 0 Å². The molecular formula is C40H28N4S4. The number of benzene rings is 4. The molecule has 8 heteroatoms. The number of hydrogen-bond acceptors (Lipinski definition) is 8. The summed E-state index contributed by atoms with van der Waals surface area (Å²) in [7, 11) is 0. The van der Waals surface area contributed by atoms with E-state index in [1.54, 1.807) is 45.3 Å². The molecule has 0 atom stereocenters. The molecule has 0 fully saturated rings. The van der Waals surface area contributed by atoms with Crippen molar-refractivity contribution in [2.45, 2.75) is 0 Å². The van der Waals surface area contributed by atoms with Crippen LogP contribution in [0.3, 0.4) is 0 Å². The summed E-state index contributed by atoms with van der Waals surface area (Å²) in [4.78, 5) is 9.55. The number of thiophene rings is 4. The Bertz CT molecular complexity index is 1870. The van der Waals surface area contributed by atoms with E-state index in [9.17, 15) is 0 Å². The monoisotopic (exact) mass is 692 g/mol. The van der Waals surface area contributed by atoms with Gasteiger partial charge in [0.25, 0.3) is 0 Å². The second-order valence-corrected chi connectivity index (χ2v) is 15.3. The smallest absolute Gasteiger partial charge is 0.103 e. The van der Waals surface area contributed by atoms with Gasteiger partial charge < -0.3 is 0 Å². The Morgan fingerprint density at radius 1 is 0.208 bits per heavy atom. The van der Waals surface area contributed by atoms with E-state index in [0.717, 1.165) is 62.8 Å². The Morgan fingerprint density at radius 2 is 0.375 bits per heavy atom. The van der Waals surface area contributed by atoms with Crippen LogP contribution in [0.5, 0.6) is 0 Å². The van der Waals surface area contributed by atoms with Gasteiger partial charge in [0.05, 0.1) is 0 Å². The first-order valence-corrected chi connectivity index (χ1v) is 18.9. The van der Waals surface area contributed by atoms with Crippen LogP contribution in [0, 0.1) is 0 Å². The summed E-state index contributed by atoms with van der Waals surface area (Å²) in [6.45, 7) is 0. The number of hydrogen-bond donors (Lipinski definition) is 0. The molecule has 8 aromatic rings. The van der Waals surface area contributed by atoms with Gasteiger partial charge in [0.15, 0.2) is 0 Å². The van der Waals surface area contributed by atoms with Crippen molar-refractivity contribution in [3.63, 3.8) is 0 Å². The fraction of sp³-hybridized carbons (Fsp3) is 0. The zero-order valence-corrected chi connectivity index (χ0v) is 28.9. The van der Waals surface area contributed by atoms with Crippen molar-refractivity contribution in [3.05, 3.63) is 170 Å². The number of para-hydroxylation sites is 4. The van der Waals surface area contributed by atoms with Gasteiger partial charge in [-0.2, -0.15) is 0 Å². The Kier molecular flexibility index (Phi) is 7.55. The predicted molar refractivity (Wildman–Crippen MR) is 210 cm³/mol. The fourth-order valence-corrected chi connectivity index (χ4v) is 10.5. The predicted octanol–water partition coefficient (Wildman–Crippen LogP) is 14.1. The van der Waals surface area contributed by atoms with Crippen molar-refractivity contribution in [2.24, 2.45) is 0 Å². The summed E-state index contributed by atoms with van der Waals surface area (Å²) in [6, 6.07) is 60.8. The standard InChI is InChI=1S/C40H28N4S4/c1-5-13-29(14-6-1)41-33-21-23-35(45-33)42(30-15-7-2-8-16-30)37-25-27-39(47-37)44(32-19-11-4-12-20-32)40-28-26-38(48-40)43(31-17-9-3-10-18-31)36-24-22-34(41)46-36/h1-28H. The van der Waals surface area contributed by atoms with E-state index < -0.39 is 0 Å². The Labute approximate surface area is 295 Å². The highest BCUT2D eigenvalue weighted by molar-refractivity contribution is 7.25. The largest absolute Gasteiger partial charge is 0.293 e. The average Bonchev–Trinajstić information content (AvgIpc) is 3.98. The van der Waals surface area contributed by atoms with Gasteiger partial charge in [-0.1, -0.05) is 118 Å². The van der Waals surface area contributed by atoms with Gasteiger partial charge in [-0.25, -0.2) is 0 Å². The van der Waals surface area contributed by atoms with E-state index >= 15 is 0 Å². The van der Waals surface area contributed by atoms with Gasteiger partial charge >= 0.3 is 0 Å². The van der Waals surface area contributed by atoms with Crippen LogP contribution in [-0.4, -0.2) is 0 Å². The van der Waals surface area contributed by atoms with Crippen molar-refractivity contribution in [2.75, 3.05) is 19.6 Å². The molecule has 0 N–H and O–H groups in total. The molecule has 232 valence electrons. The lowest BCUT2D eigenvalue weighted by Gasteiger charge is -2.25. The van der Waals surface area contributed by atoms with Gasteiger partial charge in [0.1, 0.15) is 40.0 Å². The van der Waals surface area contributed by atoms with Crippen molar-refractivity contribution in [3.8, 4) is 0 Å². The molecule has 4 aromatic carbocycles. The van der Waals surface area contributed by atoms with E-state index in [2.05, 4.69) is 189 Å². The van der Waals surface area contributed by atoms with Crippen molar-refractivity contribution < 1.29 is 0 Å². The van der Waals surface area contributed by atoms with Crippen LogP contribution in [0.25, 0.3) is 0 Å². The average molecular weight is 693 g/mol. The molecular weight excluding hydrogens is 665 g/mol. The Morgan fingerprint density at radius 3 is 0.542 bits per heavy atom. The highest BCUT2D eigenvalue weighted by Crippen LogP contribution is 2.54. The lowest BCUT2D eigenvalue weighted by molar-refractivity contribution is 1.35. The quantitative estimate of drug-likeness (QED) is 0.182. The summed E-state index contributed by atoms with van der Waals surface area (Å²) in [5.41, 5.74) is 4.53. The first kappa shape index (κ1) is 29.1. The summed E-state index contributed by atoms with van der Waals surface area (Å²) in [5.74, 6) is 0. The molecule has 0 aliphatic carbocycles. The van der Waals surface area contributed by atoms with Crippen LogP contribution in [0.15, 0.2) is 170 Å². The molecule has 48 heavy (non-hydrogen) atoms. The minimum absolute atomic E-state index is 1.13.